The Labute approximate surface area is 133 Å². The van der Waals surface area contributed by atoms with E-state index in [1.54, 1.807) is 0 Å². The number of nitrogens with one attached hydrogen (secondary N) is 1. The van der Waals surface area contributed by atoms with Crippen LogP contribution in [0.4, 0.5) is 0 Å². The number of hydrogen-bond donors (Lipinski definition) is 1. The van der Waals surface area contributed by atoms with E-state index in [0.717, 1.165) is 42.2 Å². The fraction of sp³-hybridized carbons (Fsp3) is 1.00. The maximum absolute atomic E-state index is 3.78. The van der Waals surface area contributed by atoms with E-state index in [1.165, 1.54) is 45.3 Å². The lowest BCUT2D eigenvalue weighted by Crippen LogP contribution is -2.49. The van der Waals surface area contributed by atoms with E-state index >= 15 is 0 Å². The van der Waals surface area contributed by atoms with Crippen LogP contribution in [0.3, 0.4) is 0 Å². The minimum absolute atomic E-state index is 0.762. The van der Waals surface area contributed by atoms with Crippen LogP contribution in [0.25, 0.3) is 0 Å². The van der Waals surface area contributed by atoms with Gasteiger partial charge in [0.25, 0.3) is 0 Å². The molecule has 0 aromatic carbocycles. The van der Waals surface area contributed by atoms with Crippen LogP contribution < -0.4 is 5.32 Å². The van der Waals surface area contributed by atoms with Crippen LogP contribution in [-0.2, 0) is 0 Å². The third-order valence-electron chi connectivity index (χ3n) is 5.87. The zero-order chi connectivity index (χ0) is 15.4. The van der Waals surface area contributed by atoms with Gasteiger partial charge in [-0.2, -0.15) is 0 Å². The topological polar surface area (TPSA) is 15.3 Å². The molecule has 0 aromatic heterocycles. The largest absolute Gasteiger partial charge is 0.314 e. The minimum atomic E-state index is 0.762. The highest BCUT2D eigenvalue weighted by Crippen LogP contribution is 2.35. The van der Waals surface area contributed by atoms with Crippen LogP contribution in [0.15, 0.2) is 0 Å². The van der Waals surface area contributed by atoms with Gasteiger partial charge in [-0.1, -0.05) is 34.6 Å². The predicted octanol–water partition coefficient (Wildman–Crippen LogP) is 4.01. The number of piperidine rings is 1. The van der Waals surface area contributed by atoms with Gasteiger partial charge in [-0.3, -0.25) is 0 Å². The van der Waals surface area contributed by atoms with E-state index in [9.17, 15) is 0 Å². The highest BCUT2D eigenvalue weighted by molar-refractivity contribution is 4.88. The summed E-state index contributed by atoms with van der Waals surface area (Å²) < 4.78 is 0. The Balaban J connectivity index is 1.95. The van der Waals surface area contributed by atoms with E-state index in [4.69, 9.17) is 0 Å². The van der Waals surface area contributed by atoms with Crippen LogP contribution in [0, 0.1) is 29.6 Å². The normalized spacial score (nSPS) is 38.9. The monoisotopic (exact) mass is 294 g/mol. The molecule has 1 aliphatic heterocycles. The molecule has 0 aromatic rings. The van der Waals surface area contributed by atoms with Gasteiger partial charge in [0.15, 0.2) is 0 Å². The first kappa shape index (κ1) is 17.3. The zero-order valence-corrected chi connectivity index (χ0v) is 15.1. The number of rotatable bonds is 5. The summed E-state index contributed by atoms with van der Waals surface area (Å²) in [5.41, 5.74) is 0. The summed E-state index contributed by atoms with van der Waals surface area (Å²) in [5, 5.41) is 3.78. The van der Waals surface area contributed by atoms with Crippen LogP contribution >= 0.6 is 0 Å². The van der Waals surface area contributed by atoms with Crippen molar-refractivity contribution in [1.29, 1.82) is 0 Å². The van der Waals surface area contributed by atoms with Gasteiger partial charge < -0.3 is 10.2 Å². The molecule has 2 nitrogen and oxygen atoms in total. The molecule has 21 heavy (non-hydrogen) atoms. The SMILES string of the molecule is CCNC1CCC(C(C)C)CC1CN1CC(C)CC(C)C1. The van der Waals surface area contributed by atoms with Gasteiger partial charge >= 0.3 is 0 Å². The Morgan fingerprint density at radius 3 is 2.29 bits per heavy atom. The molecular formula is C19H38N2. The van der Waals surface area contributed by atoms with E-state index in [-0.39, 0.29) is 0 Å². The molecule has 0 radical (unpaired) electrons. The summed E-state index contributed by atoms with van der Waals surface area (Å²) in [6, 6.07) is 0.762. The third-order valence-corrected chi connectivity index (χ3v) is 5.87. The summed E-state index contributed by atoms with van der Waals surface area (Å²) >= 11 is 0. The second-order valence-corrected chi connectivity index (χ2v) is 8.41. The standard InChI is InChI=1S/C19H38N2/c1-6-20-19-8-7-17(14(2)3)10-18(19)13-21-11-15(4)9-16(5)12-21/h14-20H,6-13H2,1-5H3. The van der Waals surface area contributed by atoms with Crippen molar-refractivity contribution in [2.45, 2.75) is 66.3 Å². The molecule has 124 valence electrons. The highest BCUT2D eigenvalue weighted by atomic mass is 15.1. The predicted molar refractivity (Wildman–Crippen MR) is 92.5 cm³/mol. The Bertz CT molecular complexity index is 292. The Kier molecular flexibility index (Phi) is 6.55. The fourth-order valence-electron chi connectivity index (χ4n) is 4.91. The van der Waals surface area contributed by atoms with Gasteiger partial charge in [-0.25, -0.2) is 0 Å². The first-order chi connectivity index (χ1) is 9.99. The van der Waals surface area contributed by atoms with Crippen molar-refractivity contribution in [2.75, 3.05) is 26.2 Å². The van der Waals surface area contributed by atoms with Crippen molar-refractivity contribution < 1.29 is 0 Å². The van der Waals surface area contributed by atoms with Gasteiger partial charge in [0.05, 0.1) is 0 Å². The van der Waals surface area contributed by atoms with Gasteiger partial charge in [0.2, 0.25) is 0 Å². The summed E-state index contributed by atoms with van der Waals surface area (Å²) in [5.74, 6) is 4.44. The van der Waals surface area contributed by atoms with Crippen LogP contribution in [0.2, 0.25) is 0 Å². The maximum Gasteiger partial charge on any atom is 0.0108 e. The first-order valence-corrected chi connectivity index (χ1v) is 9.45. The molecule has 0 bridgehead atoms. The molecule has 2 fully saturated rings. The van der Waals surface area contributed by atoms with Crippen molar-refractivity contribution in [2.24, 2.45) is 29.6 Å². The smallest absolute Gasteiger partial charge is 0.0108 e. The molecule has 1 saturated heterocycles. The molecule has 2 aliphatic rings. The zero-order valence-electron chi connectivity index (χ0n) is 15.1. The molecule has 0 amide bonds. The van der Waals surface area contributed by atoms with Crippen molar-refractivity contribution in [1.82, 2.24) is 10.2 Å². The Hall–Kier alpha value is -0.0800. The molecule has 1 saturated carbocycles. The summed E-state index contributed by atoms with van der Waals surface area (Å²) in [6.45, 7) is 17.1. The summed E-state index contributed by atoms with van der Waals surface area (Å²) in [6.07, 6.45) is 5.68. The number of likely N-dealkylation sites (tertiary alicyclic amines) is 1. The average molecular weight is 295 g/mol. The molecule has 2 rings (SSSR count). The van der Waals surface area contributed by atoms with E-state index < -0.39 is 0 Å². The second kappa shape index (κ2) is 7.97. The molecule has 1 aliphatic carbocycles. The molecule has 1 N–H and O–H groups in total. The first-order valence-electron chi connectivity index (χ1n) is 9.45. The Morgan fingerprint density at radius 2 is 1.71 bits per heavy atom. The Morgan fingerprint density at radius 1 is 1.05 bits per heavy atom. The fourth-order valence-corrected chi connectivity index (χ4v) is 4.91. The molecule has 2 heteroatoms. The molecule has 5 unspecified atom stereocenters. The third kappa shape index (κ3) is 4.96. The summed E-state index contributed by atoms with van der Waals surface area (Å²) in [7, 11) is 0. The molecule has 0 spiro atoms. The maximum atomic E-state index is 3.78. The lowest BCUT2D eigenvalue weighted by molar-refractivity contribution is 0.0801. The van der Waals surface area contributed by atoms with Gasteiger partial charge in [-0.15, -0.1) is 0 Å². The van der Waals surface area contributed by atoms with Crippen molar-refractivity contribution in [3.63, 3.8) is 0 Å². The van der Waals surface area contributed by atoms with Crippen LogP contribution in [-0.4, -0.2) is 37.1 Å². The van der Waals surface area contributed by atoms with Crippen LogP contribution in [0.1, 0.15) is 60.3 Å². The van der Waals surface area contributed by atoms with Crippen LogP contribution in [0.5, 0.6) is 0 Å². The minimum Gasteiger partial charge on any atom is -0.314 e. The van der Waals surface area contributed by atoms with Crippen molar-refractivity contribution >= 4 is 0 Å². The van der Waals surface area contributed by atoms with Gasteiger partial charge in [0.1, 0.15) is 0 Å². The molecule has 1 heterocycles. The van der Waals surface area contributed by atoms with E-state index in [2.05, 4.69) is 44.8 Å². The lowest BCUT2D eigenvalue weighted by atomic mass is 9.73. The van der Waals surface area contributed by atoms with E-state index in [1.807, 2.05) is 0 Å². The van der Waals surface area contributed by atoms with Gasteiger partial charge in [-0.05, 0) is 61.8 Å². The highest BCUT2D eigenvalue weighted by Gasteiger charge is 2.33. The second-order valence-electron chi connectivity index (χ2n) is 8.41. The van der Waals surface area contributed by atoms with E-state index in [0.29, 0.717) is 0 Å². The summed E-state index contributed by atoms with van der Waals surface area (Å²) in [4.78, 5) is 2.77. The van der Waals surface area contributed by atoms with Gasteiger partial charge in [0, 0.05) is 25.7 Å². The van der Waals surface area contributed by atoms with Crippen molar-refractivity contribution in [3.05, 3.63) is 0 Å². The number of nitrogens with zero attached hydrogens (tertiary/aromatic N) is 1. The molecule has 5 atom stereocenters. The number of hydrogen-bond acceptors (Lipinski definition) is 2. The average Bonchev–Trinajstić information content (AvgIpc) is 2.39. The molecular weight excluding hydrogens is 256 g/mol. The lowest BCUT2D eigenvalue weighted by Gasteiger charge is -2.43. The van der Waals surface area contributed by atoms with Crippen molar-refractivity contribution in [3.8, 4) is 0 Å². The quantitative estimate of drug-likeness (QED) is 0.824.